The molecule has 1 heterocycles. The minimum Gasteiger partial charge on any atom is -0.481 e. The zero-order chi connectivity index (χ0) is 12.8. The van der Waals surface area contributed by atoms with Crippen LogP contribution in [0.2, 0.25) is 0 Å². The van der Waals surface area contributed by atoms with Gasteiger partial charge < -0.3 is 15.5 Å². The molecule has 1 atom stereocenters. The average Bonchev–Trinajstić information content (AvgIpc) is 2.68. The Bertz CT molecular complexity index is 414. The molecule has 7 heteroatoms. The van der Waals surface area contributed by atoms with Crippen LogP contribution >= 0.6 is 11.3 Å². The van der Waals surface area contributed by atoms with Crippen LogP contribution in [0.3, 0.4) is 0 Å². The van der Waals surface area contributed by atoms with Crippen LogP contribution in [0.1, 0.15) is 12.0 Å². The number of rotatable bonds is 6. The summed E-state index contributed by atoms with van der Waals surface area (Å²) in [6.07, 6.45) is -0.586. The monoisotopic (exact) mass is 257 g/mol. The molecule has 3 N–H and O–H groups in total. The third-order valence-electron chi connectivity index (χ3n) is 1.96. The quantitative estimate of drug-likeness (QED) is 0.681. The first-order chi connectivity index (χ1) is 7.99. The van der Waals surface area contributed by atoms with E-state index < -0.39 is 30.3 Å². The van der Waals surface area contributed by atoms with Crippen LogP contribution in [0.15, 0.2) is 16.8 Å². The molecule has 0 saturated carbocycles. The molecular weight excluding hydrogens is 246 g/mol. The SMILES string of the molecule is O=C(O)C[C@H](NC(=O)Cc1ccsc1)C(=O)O. The number of thiophene rings is 1. The number of carboxylic acids is 2. The van der Waals surface area contributed by atoms with Crippen molar-refractivity contribution in [3.63, 3.8) is 0 Å². The van der Waals surface area contributed by atoms with Gasteiger partial charge in [0.1, 0.15) is 6.04 Å². The highest BCUT2D eigenvalue weighted by atomic mass is 32.1. The molecule has 0 fully saturated rings. The van der Waals surface area contributed by atoms with Crippen molar-refractivity contribution in [1.29, 1.82) is 0 Å². The van der Waals surface area contributed by atoms with Gasteiger partial charge in [-0.2, -0.15) is 11.3 Å². The topological polar surface area (TPSA) is 104 Å². The largest absolute Gasteiger partial charge is 0.481 e. The number of hydrogen-bond donors (Lipinski definition) is 3. The lowest BCUT2D eigenvalue weighted by Crippen LogP contribution is -2.42. The van der Waals surface area contributed by atoms with E-state index >= 15 is 0 Å². The number of nitrogens with one attached hydrogen (secondary N) is 1. The van der Waals surface area contributed by atoms with Gasteiger partial charge >= 0.3 is 11.9 Å². The van der Waals surface area contributed by atoms with Crippen molar-refractivity contribution in [3.8, 4) is 0 Å². The van der Waals surface area contributed by atoms with E-state index in [2.05, 4.69) is 5.32 Å². The molecule has 17 heavy (non-hydrogen) atoms. The lowest BCUT2D eigenvalue weighted by atomic mass is 10.2. The molecule has 1 rings (SSSR count). The fourth-order valence-electron chi connectivity index (χ4n) is 1.20. The highest BCUT2D eigenvalue weighted by Gasteiger charge is 2.22. The molecule has 0 bridgehead atoms. The van der Waals surface area contributed by atoms with Crippen LogP contribution in [-0.2, 0) is 20.8 Å². The molecule has 1 aromatic rings. The van der Waals surface area contributed by atoms with Crippen molar-refractivity contribution in [3.05, 3.63) is 22.4 Å². The Labute approximate surface area is 101 Å². The van der Waals surface area contributed by atoms with Crippen LogP contribution < -0.4 is 5.32 Å². The number of amides is 1. The number of carboxylic acid groups (broad SMARTS) is 2. The molecule has 92 valence electrons. The molecule has 1 aromatic heterocycles. The maximum absolute atomic E-state index is 11.4. The molecule has 0 saturated heterocycles. The van der Waals surface area contributed by atoms with Gasteiger partial charge in [-0.15, -0.1) is 0 Å². The third-order valence-corrected chi connectivity index (χ3v) is 2.69. The first-order valence-electron chi connectivity index (χ1n) is 4.74. The van der Waals surface area contributed by atoms with Gasteiger partial charge in [0.25, 0.3) is 0 Å². The van der Waals surface area contributed by atoms with Gasteiger partial charge in [-0.05, 0) is 22.4 Å². The predicted octanol–water partition coefficient (Wildman–Crippen LogP) is 0.335. The van der Waals surface area contributed by atoms with Gasteiger partial charge in [0, 0.05) is 0 Å². The fourth-order valence-corrected chi connectivity index (χ4v) is 1.87. The minimum absolute atomic E-state index is 0.0485. The van der Waals surface area contributed by atoms with E-state index in [1.165, 1.54) is 11.3 Å². The second-order valence-electron chi connectivity index (χ2n) is 3.36. The zero-order valence-electron chi connectivity index (χ0n) is 8.75. The standard InChI is InChI=1S/C10H11NO5S/c12-8(3-6-1-2-17-5-6)11-7(10(15)16)4-9(13)14/h1-2,5,7H,3-4H2,(H,11,12)(H,13,14)(H,15,16)/t7-/m0/s1. The van der Waals surface area contributed by atoms with Gasteiger partial charge in [0.05, 0.1) is 12.8 Å². The summed E-state index contributed by atoms with van der Waals surface area (Å²) < 4.78 is 0. The Kier molecular flexibility index (Phi) is 4.65. The molecule has 0 aliphatic heterocycles. The number of carbonyl (C=O) groups excluding carboxylic acids is 1. The van der Waals surface area contributed by atoms with Crippen molar-refractivity contribution in [2.24, 2.45) is 0 Å². The van der Waals surface area contributed by atoms with Crippen LogP contribution in [0.5, 0.6) is 0 Å². The third kappa shape index (κ3) is 4.64. The first kappa shape index (κ1) is 13.2. The van der Waals surface area contributed by atoms with E-state index in [9.17, 15) is 14.4 Å². The molecule has 0 aliphatic carbocycles. The van der Waals surface area contributed by atoms with E-state index in [1.54, 1.807) is 16.8 Å². The molecule has 0 radical (unpaired) electrons. The molecule has 0 spiro atoms. The van der Waals surface area contributed by atoms with Gasteiger partial charge in [-0.25, -0.2) is 4.79 Å². The molecule has 0 aromatic carbocycles. The van der Waals surface area contributed by atoms with Crippen molar-refractivity contribution in [2.75, 3.05) is 0 Å². The Morgan fingerprint density at radius 3 is 2.53 bits per heavy atom. The lowest BCUT2D eigenvalue weighted by Gasteiger charge is -2.11. The van der Waals surface area contributed by atoms with Crippen molar-refractivity contribution in [2.45, 2.75) is 18.9 Å². The fraction of sp³-hybridized carbons (Fsp3) is 0.300. The Balaban J connectivity index is 2.52. The van der Waals surface area contributed by atoms with E-state index in [-0.39, 0.29) is 6.42 Å². The summed E-state index contributed by atoms with van der Waals surface area (Å²) >= 11 is 1.43. The summed E-state index contributed by atoms with van der Waals surface area (Å²) in [6.45, 7) is 0. The van der Waals surface area contributed by atoms with E-state index in [0.29, 0.717) is 0 Å². The number of hydrogen-bond acceptors (Lipinski definition) is 4. The normalized spacial score (nSPS) is 11.8. The maximum Gasteiger partial charge on any atom is 0.326 e. The van der Waals surface area contributed by atoms with Gasteiger partial charge in [0.2, 0.25) is 5.91 Å². The van der Waals surface area contributed by atoms with Gasteiger partial charge in [-0.1, -0.05) is 0 Å². The summed E-state index contributed by atoms with van der Waals surface area (Å²) in [5.74, 6) is -3.13. The Morgan fingerprint density at radius 1 is 1.35 bits per heavy atom. The van der Waals surface area contributed by atoms with E-state index in [4.69, 9.17) is 10.2 Å². The number of carbonyl (C=O) groups is 3. The summed E-state index contributed by atoms with van der Waals surface area (Å²) in [5, 5.41) is 23.0. The minimum atomic E-state index is -1.39. The summed E-state index contributed by atoms with van der Waals surface area (Å²) in [7, 11) is 0. The second kappa shape index (κ2) is 6.00. The molecule has 0 unspecified atom stereocenters. The lowest BCUT2D eigenvalue weighted by molar-refractivity contribution is -0.147. The summed E-state index contributed by atoms with van der Waals surface area (Å²) in [6, 6.07) is 0.357. The van der Waals surface area contributed by atoms with E-state index in [1.807, 2.05) is 0 Å². The van der Waals surface area contributed by atoms with Crippen LogP contribution in [0.25, 0.3) is 0 Å². The zero-order valence-corrected chi connectivity index (χ0v) is 9.57. The first-order valence-corrected chi connectivity index (χ1v) is 5.68. The second-order valence-corrected chi connectivity index (χ2v) is 4.14. The van der Waals surface area contributed by atoms with Gasteiger partial charge in [-0.3, -0.25) is 9.59 Å². The number of aliphatic carboxylic acids is 2. The van der Waals surface area contributed by atoms with Gasteiger partial charge in [0.15, 0.2) is 0 Å². The van der Waals surface area contributed by atoms with Crippen LogP contribution in [0.4, 0.5) is 0 Å². The van der Waals surface area contributed by atoms with Crippen molar-refractivity contribution in [1.82, 2.24) is 5.32 Å². The van der Waals surface area contributed by atoms with E-state index in [0.717, 1.165) is 5.56 Å². The molecule has 0 aliphatic rings. The van der Waals surface area contributed by atoms with Crippen LogP contribution in [-0.4, -0.2) is 34.1 Å². The van der Waals surface area contributed by atoms with Crippen molar-refractivity contribution < 1.29 is 24.6 Å². The predicted molar refractivity (Wildman–Crippen MR) is 59.8 cm³/mol. The Hall–Kier alpha value is -1.89. The maximum atomic E-state index is 11.4. The average molecular weight is 257 g/mol. The molecular formula is C10H11NO5S. The highest BCUT2D eigenvalue weighted by molar-refractivity contribution is 7.07. The molecule has 1 amide bonds. The smallest absolute Gasteiger partial charge is 0.326 e. The summed E-state index contributed by atoms with van der Waals surface area (Å²) in [4.78, 5) is 32.5. The molecule has 6 nitrogen and oxygen atoms in total. The van der Waals surface area contributed by atoms with Crippen molar-refractivity contribution >= 4 is 29.2 Å². The summed E-state index contributed by atoms with van der Waals surface area (Å²) in [5.41, 5.74) is 0.770. The van der Waals surface area contributed by atoms with Crippen LogP contribution in [0, 0.1) is 0 Å². The highest BCUT2D eigenvalue weighted by Crippen LogP contribution is 2.06. The Morgan fingerprint density at radius 2 is 2.06 bits per heavy atom.